The fourth-order valence-corrected chi connectivity index (χ4v) is 10.3. The minimum Gasteiger partial charge on any atom is -0.462 e. The van der Waals surface area contributed by atoms with Gasteiger partial charge in [0.15, 0.2) is 6.10 Å². The second kappa shape index (κ2) is 64.4. The number of allylic oxidation sites excluding steroid dienone is 4. The lowest BCUT2D eigenvalue weighted by molar-refractivity contribution is -0.167. The van der Waals surface area contributed by atoms with E-state index in [1.54, 1.807) is 0 Å². The van der Waals surface area contributed by atoms with Gasteiger partial charge in [-0.25, -0.2) is 0 Å². The van der Waals surface area contributed by atoms with E-state index in [1.807, 2.05) is 0 Å². The van der Waals surface area contributed by atoms with Crippen molar-refractivity contribution < 1.29 is 28.6 Å². The molecule has 0 N–H and O–H groups in total. The number of unbranched alkanes of at least 4 members (excludes halogenated alkanes) is 48. The van der Waals surface area contributed by atoms with Crippen LogP contribution in [0.5, 0.6) is 0 Å². The van der Waals surface area contributed by atoms with E-state index in [-0.39, 0.29) is 31.1 Å². The number of ether oxygens (including phenoxy) is 3. The second-order valence-corrected chi connectivity index (χ2v) is 23.1. The van der Waals surface area contributed by atoms with Gasteiger partial charge in [-0.2, -0.15) is 0 Å². The maximum atomic E-state index is 12.9. The molecule has 0 amide bonds. The highest BCUT2D eigenvalue weighted by Crippen LogP contribution is 2.19. The van der Waals surface area contributed by atoms with Crippen LogP contribution >= 0.6 is 0 Å². The highest BCUT2D eigenvalue weighted by molar-refractivity contribution is 5.71. The van der Waals surface area contributed by atoms with Gasteiger partial charge in [0, 0.05) is 19.3 Å². The minimum atomic E-state index is -0.773. The Labute approximate surface area is 468 Å². The Hall–Kier alpha value is -2.11. The molecule has 6 heteroatoms. The summed E-state index contributed by atoms with van der Waals surface area (Å²) in [5.41, 5.74) is 0. The molecule has 0 spiro atoms. The van der Waals surface area contributed by atoms with E-state index in [2.05, 4.69) is 45.1 Å². The summed E-state index contributed by atoms with van der Waals surface area (Å²) in [6.07, 6.45) is 77.7. The lowest BCUT2D eigenvalue weighted by Crippen LogP contribution is -2.30. The number of carbonyl (C=O) groups excluding carboxylic acids is 3. The number of hydrogen-bond donors (Lipinski definition) is 0. The molecule has 0 bridgehead atoms. The summed E-state index contributed by atoms with van der Waals surface area (Å²) < 4.78 is 17.0. The highest BCUT2D eigenvalue weighted by Gasteiger charge is 2.19. The molecule has 0 aliphatic heterocycles. The summed E-state index contributed by atoms with van der Waals surface area (Å²) in [6, 6.07) is 0. The Balaban J connectivity index is 4.25. The molecular weight excluding hydrogens is 925 g/mol. The Morgan fingerprint density at radius 1 is 0.267 bits per heavy atom. The molecule has 0 saturated carbocycles. The summed E-state index contributed by atoms with van der Waals surface area (Å²) in [7, 11) is 0. The van der Waals surface area contributed by atoms with E-state index in [1.165, 1.54) is 263 Å². The molecule has 6 nitrogen and oxygen atoms in total. The van der Waals surface area contributed by atoms with Gasteiger partial charge in [0.05, 0.1) is 0 Å². The Kier molecular flexibility index (Phi) is 62.6. The van der Waals surface area contributed by atoms with Gasteiger partial charge in [0.25, 0.3) is 0 Å². The third-order valence-corrected chi connectivity index (χ3v) is 15.5. The molecule has 0 radical (unpaired) electrons. The van der Waals surface area contributed by atoms with Gasteiger partial charge in [-0.15, -0.1) is 0 Å². The maximum Gasteiger partial charge on any atom is 0.306 e. The van der Waals surface area contributed by atoms with Crippen molar-refractivity contribution in [3.63, 3.8) is 0 Å². The zero-order chi connectivity index (χ0) is 54.3. The number of hydrogen-bond acceptors (Lipinski definition) is 6. The summed E-state index contributed by atoms with van der Waals surface area (Å²) in [5, 5.41) is 0. The van der Waals surface area contributed by atoms with Gasteiger partial charge in [0.1, 0.15) is 13.2 Å². The molecule has 442 valence electrons. The molecule has 0 aromatic rings. The summed E-state index contributed by atoms with van der Waals surface area (Å²) >= 11 is 0. The lowest BCUT2D eigenvalue weighted by Gasteiger charge is -2.18. The largest absolute Gasteiger partial charge is 0.462 e. The third-order valence-electron chi connectivity index (χ3n) is 15.5. The molecule has 1 atom stereocenters. The van der Waals surface area contributed by atoms with Gasteiger partial charge < -0.3 is 14.2 Å². The van der Waals surface area contributed by atoms with E-state index < -0.39 is 6.10 Å². The van der Waals surface area contributed by atoms with Gasteiger partial charge in [-0.1, -0.05) is 340 Å². The predicted octanol–water partition coefficient (Wildman–Crippen LogP) is 23.0. The predicted molar refractivity (Wildman–Crippen MR) is 326 cm³/mol. The van der Waals surface area contributed by atoms with Crippen molar-refractivity contribution in [2.75, 3.05) is 13.2 Å². The summed E-state index contributed by atoms with van der Waals surface area (Å²) in [5.74, 6) is -0.853. The van der Waals surface area contributed by atoms with E-state index in [4.69, 9.17) is 14.2 Å². The Morgan fingerprint density at radius 3 is 0.773 bits per heavy atom. The fourth-order valence-electron chi connectivity index (χ4n) is 10.3. The van der Waals surface area contributed by atoms with Crippen molar-refractivity contribution in [1.29, 1.82) is 0 Å². The van der Waals surface area contributed by atoms with E-state index in [0.29, 0.717) is 19.3 Å². The van der Waals surface area contributed by atoms with Crippen LogP contribution in [0.15, 0.2) is 24.3 Å². The Bertz CT molecular complexity index is 1210. The van der Waals surface area contributed by atoms with Crippen LogP contribution in [0.1, 0.15) is 380 Å². The van der Waals surface area contributed by atoms with Crippen LogP contribution in [0.4, 0.5) is 0 Å². The second-order valence-electron chi connectivity index (χ2n) is 23.1. The molecule has 0 heterocycles. The summed E-state index contributed by atoms with van der Waals surface area (Å²) in [6.45, 7) is 6.67. The van der Waals surface area contributed by atoms with E-state index >= 15 is 0 Å². The summed E-state index contributed by atoms with van der Waals surface area (Å²) in [4.78, 5) is 38.4. The number of esters is 3. The van der Waals surface area contributed by atoms with Crippen LogP contribution in [0.25, 0.3) is 0 Å². The molecule has 0 aliphatic carbocycles. The zero-order valence-electron chi connectivity index (χ0n) is 50.8. The van der Waals surface area contributed by atoms with Crippen molar-refractivity contribution in [2.24, 2.45) is 0 Å². The quantitative estimate of drug-likeness (QED) is 0.0261. The average Bonchev–Trinajstić information content (AvgIpc) is 3.41. The van der Waals surface area contributed by atoms with Gasteiger partial charge >= 0.3 is 17.9 Å². The van der Waals surface area contributed by atoms with Crippen LogP contribution in [0.2, 0.25) is 0 Å². The van der Waals surface area contributed by atoms with Crippen LogP contribution in [-0.2, 0) is 28.6 Å². The Morgan fingerprint density at radius 2 is 0.493 bits per heavy atom. The lowest BCUT2D eigenvalue weighted by atomic mass is 10.0. The molecule has 75 heavy (non-hydrogen) atoms. The van der Waals surface area contributed by atoms with Crippen LogP contribution < -0.4 is 0 Å². The van der Waals surface area contributed by atoms with Gasteiger partial charge in [-0.3, -0.25) is 14.4 Å². The van der Waals surface area contributed by atoms with Crippen molar-refractivity contribution in [2.45, 2.75) is 386 Å². The molecule has 0 fully saturated rings. The molecular formula is C69H130O6. The first-order chi connectivity index (χ1) is 37.0. The monoisotopic (exact) mass is 1050 g/mol. The van der Waals surface area contributed by atoms with Crippen molar-refractivity contribution in [3.05, 3.63) is 24.3 Å². The highest BCUT2D eigenvalue weighted by atomic mass is 16.6. The third kappa shape index (κ3) is 62.6. The van der Waals surface area contributed by atoms with Crippen molar-refractivity contribution >= 4 is 17.9 Å². The van der Waals surface area contributed by atoms with Crippen LogP contribution in [0.3, 0.4) is 0 Å². The first kappa shape index (κ1) is 72.9. The van der Waals surface area contributed by atoms with Crippen LogP contribution in [0, 0.1) is 0 Å². The molecule has 1 unspecified atom stereocenters. The first-order valence-corrected chi connectivity index (χ1v) is 33.8. The maximum absolute atomic E-state index is 12.9. The topological polar surface area (TPSA) is 78.9 Å². The van der Waals surface area contributed by atoms with Crippen molar-refractivity contribution in [3.8, 4) is 0 Å². The van der Waals surface area contributed by atoms with Gasteiger partial charge in [-0.05, 0) is 44.9 Å². The van der Waals surface area contributed by atoms with Crippen molar-refractivity contribution in [1.82, 2.24) is 0 Å². The molecule has 0 aromatic heterocycles. The van der Waals surface area contributed by atoms with E-state index in [9.17, 15) is 14.4 Å². The SMILES string of the molecule is CCCC/C=C\C/C=C\CCCCCCCC(=O)OCC(COC(=O)CCCCCCCCCCCCCCCCCCCCCCCCC)OC(=O)CCCCCCCCCCCCCCCCCCCCCC. The number of rotatable bonds is 63. The fraction of sp³-hybridized carbons (Fsp3) is 0.899. The molecule has 0 saturated heterocycles. The minimum absolute atomic E-state index is 0.0694. The zero-order valence-corrected chi connectivity index (χ0v) is 50.8. The van der Waals surface area contributed by atoms with Crippen LogP contribution in [-0.4, -0.2) is 37.2 Å². The molecule has 0 aromatic carbocycles. The standard InChI is InChI=1S/C69H130O6/c1-4-7-10-13-16-19-22-25-28-30-32-34-35-36-38-39-41-44-47-50-53-56-59-62-68(71)74-65-66(64-73-67(70)61-58-55-52-49-46-43-27-24-21-18-15-12-9-6-3)75-69(72)63-60-57-54-51-48-45-42-40-37-33-31-29-26-23-20-17-14-11-8-5-2/h15,18,24,27,66H,4-14,16-17,19-23,25-26,28-65H2,1-3H3/b18-15-,27-24-. The average molecular weight is 1060 g/mol. The molecule has 0 aliphatic rings. The van der Waals surface area contributed by atoms with E-state index in [0.717, 1.165) is 77.0 Å². The first-order valence-electron chi connectivity index (χ1n) is 33.8. The smallest absolute Gasteiger partial charge is 0.306 e. The molecule has 0 rings (SSSR count). The van der Waals surface area contributed by atoms with Gasteiger partial charge in [0.2, 0.25) is 0 Å². The normalized spacial score (nSPS) is 12.1. The number of carbonyl (C=O) groups is 3.